The van der Waals surface area contributed by atoms with E-state index in [-0.39, 0.29) is 20.4 Å². The molecule has 0 unspecified atom stereocenters. The number of hydrogen-bond acceptors (Lipinski definition) is 2. The maximum Gasteiger partial charge on any atom is 0.0886 e. The third-order valence-corrected chi connectivity index (χ3v) is 3.69. The fourth-order valence-corrected chi connectivity index (χ4v) is 2.39. The van der Waals surface area contributed by atoms with Gasteiger partial charge in [0.05, 0.1) is 11.4 Å². The molecule has 0 aliphatic heterocycles. The van der Waals surface area contributed by atoms with Crippen molar-refractivity contribution >= 4 is 5.71 Å². The summed E-state index contributed by atoms with van der Waals surface area (Å²) in [5, 5.41) is 9.91. The summed E-state index contributed by atoms with van der Waals surface area (Å²) in [6.45, 7) is 13.5. The van der Waals surface area contributed by atoms with Gasteiger partial charge in [0.25, 0.3) is 0 Å². The van der Waals surface area contributed by atoms with Gasteiger partial charge < -0.3 is 5.41 Å². The van der Waals surface area contributed by atoms with Crippen LogP contribution in [0.2, 0.25) is 0 Å². The first-order valence-electron chi connectivity index (χ1n) is 8.95. The number of benzene rings is 2. The SMILES string of the molecule is [C-]#[O+].[C-]#[O+].[C-]#[O+].[N-]=C(c1ccccc1)c1ccccc1.[Re].c1ccc(-c2ccccn2)nc1. The summed E-state index contributed by atoms with van der Waals surface area (Å²) in [6, 6.07) is 30.7. The van der Waals surface area contributed by atoms with Gasteiger partial charge >= 0.3 is 33.9 Å². The fourth-order valence-electron chi connectivity index (χ4n) is 2.39. The molecular formula is C26H18N3O3Re-. The van der Waals surface area contributed by atoms with Crippen molar-refractivity contribution in [1.82, 2.24) is 9.97 Å². The average molecular weight is 607 g/mol. The number of nitrogens with zero attached hydrogens (tertiary/aromatic N) is 3. The van der Waals surface area contributed by atoms with Crippen molar-refractivity contribution in [2.45, 2.75) is 0 Å². The van der Waals surface area contributed by atoms with Gasteiger partial charge in [0, 0.05) is 32.8 Å². The van der Waals surface area contributed by atoms with Gasteiger partial charge in [-0.05, 0) is 35.4 Å². The van der Waals surface area contributed by atoms with Gasteiger partial charge in [-0.25, -0.2) is 0 Å². The van der Waals surface area contributed by atoms with Gasteiger partial charge in [-0.2, -0.15) is 0 Å². The Hall–Kier alpha value is -3.71. The first-order chi connectivity index (χ1) is 15.8. The Morgan fingerprint density at radius 3 is 1.09 bits per heavy atom. The third-order valence-electron chi connectivity index (χ3n) is 3.69. The Morgan fingerprint density at radius 1 is 0.515 bits per heavy atom. The number of hydrogen-bond donors (Lipinski definition) is 0. The van der Waals surface area contributed by atoms with Crippen molar-refractivity contribution in [3.8, 4) is 11.4 Å². The zero-order valence-electron chi connectivity index (χ0n) is 17.3. The Balaban J connectivity index is 0. The van der Waals surface area contributed by atoms with Crippen LogP contribution in [0.5, 0.6) is 0 Å². The Morgan fingerprint density at radius 2 is 0.818 bits per heavy atom. The molecule has 0 aliphatic rings. The molecule has 163 valence electrons. The molecule has 2 aromatic heterocycles. The molecule has 1 radical (unpaired) electrons. The molecule has 0 amide bonds. The van der Waals surface area contributed by atoms with Crippen molar-refractivity contribution in [3.05, 3.63) is 146 Å². The van der Waals surface area contributed by atoms with Crippen molar-refractivity contribution in [2.75, 3.05) is 0 Å². The molecule has 33 heavy (non-hydrogen) atoms. The molecular weight excluding hydrogens is 589 g/mol. The topological polar surface area (TPSA) is 108 Å². The zero-order valence-corrected chi connectivity index (χ0v) is 20.1. The molecule has 7 heteroatoms. The summed E-state index contributed by atoms with van der Waals surface area (Å²) in [5.41, 5.74) is 3.85. The zero-order chi connectivity index (χ0) is 24.0. The van der Waals surface area contributed by atoms with Crippen molar-refractivity contribution < 1.29 is 34.4 Å². The van der Waals surface area contributed by atoms with E-state index in [2.05, 4.69) is 29.9 Å². The van der Waals surface area contributed by atoms with Gasteiger partial charge in [-0.3, -0.25) is 9.97 Å². The molecule has 0 spiro atoms. The molecule has 4 rings (SSSR count). The van der Waals surface area contributed by atoms with Gasteiger partial charge in [0.1, 0.15) is 0 Å². The first kappa shape index (κ1) is 31.5. The fraction of sp³-hybridized carbons (Fsp3) is 0. The Bertz CT molecular complexity index is 977. The molecule has 2 heterocycles. The summed E-state index contributed by atoms with van der Waals surface area (Å²) in [4.78, 5) is 8.37. The molecule has 0 saturated carbocycles. The predicted molar refractivity (Wildman–Crippen MR) is 119 cm³/mol. The molecule has 0 bridgehead atoms. The summed E-state index contributed by atoms with van der Waals surface area (Å²) < 4.78 is 22.5. The van der Waals surface area contributed by atoms with Crippen LogP contribution in [0.4, 0.5) is 0 Å². The molecule has 2 aromatic carbocycles. The normalized spacial score (nSPS) is 7.82. The van der Waals surface area contributed by atoms with Crippen LogP contribution in [0.25, 0.3) is 16.8 Å². The monoisotopic (exact) mass is 607 g/mol. The molecule has 4 aromatic rings. The molecule has 0 fully saturated rings. The second-order valence-electron chi connectivity index (χ2n) is 5.51. The van der Waals surface area contributed by atoms with Gasteiger partial charge in [-0.15, -0.1) is 5.71 Å². The maximum absolute atomic E-state index is 9.91. The van der Waals surface area contributed by atoms with E-state index in [0.717, 1.165) is 22.5 Å². The Kier molecular flexibility index (Phi) is 20.5. The van der Waals surface area contributed by atoms with E-state index in [1.807, 2.05) is 97.1 Å². The molecule has 0 saturated heterocycles. The van der Waals surface area contributed by atoms with Crippen LogP contribution in [-0.2, 0) is 34.4 Å². The van der Waals surface area contributed by atoms with Crippen molar-refractivity contribution in [3.63, 3.8) is 0 Å². The summed E-state index contributed by atoms with van der Waals surface area (Å²) in [7, 11) is 0. The van der Waals surface area contributed by atoms with Crippen LogP contribution in [0.15, 0.2) is 109 Å². The van der Waals surface area contributed by atoms with E-state index in [1.54, 1.807) is 12.4 Å². The average Bonchev–Trinajstić information content (AvgIpc) is 2.94. The predicted octanol–water partition coefficient (Wildman–Crippen LogP) is 5.12. The smallest absolute Gasteiger partial charge is 0.0886 e. The van der Waals surface area contributed by atoms with Crippen molar-refractivity contribution in [1.29, 1.82) is 0 Å². The molecule has 0 aliphatic carbocycles. The van der Waals surface area contributed by atoms with E-state index in [4.69, 9.17) is 14.0 Å². The van der Waals surface area contributed by atoms with Gasteiger partial charge in [-0.1, -0.05) is 72.8 Å². The van der Waals surface area contributed by atoms with E-state index in [1.165, 1.54) is 0 Å². The van der Waals surface area contributed by atoms with Crippen LogP contribution in [0.3, 0.4) is 0 Å². The van der Waals surface area contributed by atoms with E-state index >= 15 is 0 Å². The van der Waals surface area contributed by atoms with Crippen LogP contribution < -0.4 is 0 Å². The van der Waals surface area contributed by atoms with Gasteiger partial charge in [0.2, 0.25) is 0 Å². The van der Waals surface area contributed by atoms with Crippen LogP contribution in [0.1, 0.15) is 11.1 Å². The summed E-state index contributed by atoms with van der Waals surface area (Å²) >= 11 is 0. The van der Waals surface area contributed by atoms with E-state index in [9.17, 15) is 5.41 Å². The van der Waals surface area contributed by atoms with Crippen molar-refractivity contribution in [2.24, 2.45) is 0 Å². The Labute approximate surface area is 207 Å². The third kappa shape index (κ3) is 12.0. The van der Waals surface area contributed by atoms with Gasteiger partial charge in [0.15, 0.2) is 0 Å². The minimum atomic E-state index is 0. The summed E-state index contributed by atoms with van der Waals surface area (Å²) in [6.07, 6.45) is 3.54. The number of aromatic nitrogens is 2. The number of pyridine rings is 2. The minimum absolute atomic E-state index is 0. The summed E-state index contributed by atoms with van der Waals surface area (Å²) in [5.74, 6) is 0. The van der Waals surface area contributed by atoms with E-state index < -0.39 is 0 Å². The standard InChI is InChI=1S/C13H10N.C10H8N2.3CO.Re/c14-13(11-7-3-1-4-8-11)12-9-5-2-6-10-12;1-3-7-11-9(5-1)10-6-2-4-8-12-10;3*1-2;/h1-10H;1-8H;;;;/q-1;;;;;. The quantitative estimate of drug-likeness (QED) is 0.183. The van der Waals surface area contributed by atoms with Crippen LogP contribution >= 0.6 is 0 Å². The second-order valence-corrected chi connectivity index (χ2v) is 5.51. The maximum atomic E-state index is 9.91. The second kappa shape index (κ2) is 21.5. The largest absolute Gasteiger partial charge is 0.803 e. The first-order valence-corrected chi connectivity index (χ1v) is 8.95. The van der Waals surface area contributed by atoms with E-state index in [0.29, 0.717) is 5.71 Å². The molecule has 0 N–H and O–H groups in total. The van der Waals surface area contributed by atoms with Crippen LogP contribution in [0, 0.1) is 20.0 Å². The molecule has 0 atom stereocenters. The molecule has 6 nitrogen and oxygen atoms in total. The minimum Gasteiger partial charge on any atom is -0.803 e. The van der Waals surface area contributed by atoms with Crippen LogP contribution in [-0.4, -0.2) is 15.7 Å². The number of rotatable bonds is 3.